The molecule has 162 valence electrons. The number of alkyl halides is 3. The zero-order valence-corrected chi connectivity index (χ0v) is 17.0. The molecule has 0 amide bonds. The van der Waals surface area contributed by atoms with Crippen LogP contribution in [0.15, 0.2) is 47.8 Å². The van der Waals surface area contributed by atoms with Gasteiger partial charge in [-0.25, -0.2) is 4.39 Å². The molecule has 0 fully saturated rings. The normalized spacial score (nSPS) is 13.4. The molecule has 4 aromatic rings. The summed E-state index contributed by atoms with van der Waals surface area (Å²) in [5.41, 5.74) is -0.679. The molecule has 0 N–H and O–H groups in total. The van der Waals surface area contributed by atoms with E-state index in [2.05, 4.69) is 25.3 Å². The fourth-order valence-corrected chi connectivity index (χ4v) is 3.93. The first kappa shape index (κ1) is 20.3. The lowest BCUT2D eigenvalue weighted by atomic mass is 10.00. The lowest BCUT2D eigenvalue weighted by Crippen LogP contribution is -2.16. The van der Waals surface area contributed by atoms with Gasteiger partial charge in [0, 0.05) is 25.0 Å². The second-order valence-corrected chi connectivity index (χ2v) is 7.37. The van der Waals surface area contributed by atoms with E-state index in [-0.39, 0.29) is 29.2 Å². The number of aliphatic imine (C=N–C) groups is 1. The Labute approximate surface area is 183 Å². The fourth-order valence-electron chi connectivity index (χ4n) is 3.57. The molecule has 0 atom stereocenters. The predicted molar refractivity (Wildman–Crippen MR) is 107 cm³/mol. The van der Waals surface area contributed by atoms with E-state index < -0.39 is 22.6 Å². The molecule has 1 aliphatic rings. The van der Waals surface area contributed by atoms with Gasteiger partial charge >= 0.3 is 6.18 Å². The van der Waals surface area contributed by atoms with Gasteiger partial charge in [0.1, 0.15) is 12.2 Å². The van der Waals surface area contributed by atoms with Gasteiger partial charge in [0.25, 0.3) is 0 Å². The van der Waals surface area contributed by atoms with Crippen molar-refractivity contribution in [3.05, 3.63) is 76.3 Å². The third-order valence-corrected chi connectivity index (χ3v) is 5.35. The Kier molecular flexibility index (Phi) is 4.59. The number of nitrogens with zero attached hydrogens (tertiary/aromatic N) is 7. The fraction of sp³-hybridized carbons (Fsp3) is 0.150. The zero-order chi connectivity index (χ0) is 22.6. The SMILES string of the molecule is Cn1cc(-c2nnc3n2-c2ccc(C(F)(F)F)c(Cl)c2C(c2ncccc2F)=NC3)cn1. The van der Waals surface area contributed by atoms with Gasteiger partial charge in [-0.1, -0.05) is 11.6 Å². The maximum absolute atomic E-state index is 14.6. The highest BCUT2D eigenvalue weighted by Crippen LogP contribution is 2.41. The lowest BCUT2D eigenvalue weighted by Gasteiger charge is -2.18. The molecule has 32 heavy (non-hydrogen) atoms. The van der Waals surface area contributed by atoms with Gasteiger partial charge in [0.2, 0.25) is 0 Å². The van der Waals surface area contributed by atoms with Crippen LogP contribution >= 0.6 is 11.6 Å². The molecule has 4 heterocycles. The summed E-state index contributed by atoms with van der Waals surface area (Å²) in [7, 11) is 1.72. The van der Waals surface area contributed by atoms with E-state index in [1.165, 1.54) is 18.3 Å². The number of hydrogen-bond acceptors (Lipinski definition) is 5. The summed E-state index contributed by atoms with van der Waals surface area (Å²) in [4.78, 5) is 8.35. The van der Waals surface area contributed by atoms with Crippen molar-refractivity contribution in [1.29, 1.82) is 0 Å². The first-order valence-electron chi connectivity index (χ1n) is 9.25. The number of fused-ring (bicyclic) bond motifs is 3. The quantitative estimate of drug-likeness (QED) is 0.419. The topological polar surface area (TPSA) is 73.8 Å². The summed E-state index contributed by atoms with van der Waals surface area (Å²) in [6.07, 6.45) is -0.163. The van der Waals surface area contributed by atoms with E-state index in [0.29, 0.717) is 17.2 Å². The monoisotopic (exact) mass is 461 g/mol. The molecule has 0 saturated heterocycles. The first-order valence-corrected chi connectivity index (χ1v) is 9.62. The van der Waals surface area contributed by atoms with Crippen LogP contribution in [0.3, 0.4) is 0 Å². The predicted octanol–water partition coefficient (Wildman–Crippen LogP) is 4.23. The van der Waals surface area contributed by atoms with Crippen molar-refractivity contribution in [2.75, 3.05) is 0 Å². The van der Waals surface area contributed by atoms with Crippen molar-refractivity contribution in [3.63, 3.8) is 0 Å². The van der Waals surface area contributed by atoms with Crippen molar-refractivity contribution >= 4 is 17.3 Å². The van der Waals surface area contributed by atoms with Crippen molar-refractivity contribution in [3.8, 4) is 17.1 Å². The van der Waals surface area contributed by atoms with Gasteiger partial charge in [-0.05, 0) is 24.3 Å². The minimum atomic E-state index is -4.73. The summed E-state index contributed by atoms with van der Waals surface area (Å²) >= 11 is 6.30. The van der Waals surface area contributed by atoms with Crippen LogP contribution in [0.25, 0.3) is 17.1 Å². The smallest absolute Gasteiger partial charge is 0.277 e. The van der Waals surface area contributed by atoms with Crippen molar-refractivity contribution < 1.29 is 17.6 Å². The Morgan fingerprint density at radius 3 is 2.62 bits per heavy atom. The minimum absolute atomic E-state index is 0.0784. The molecule has 5 rings (SSSR count). The molecule has 1 aromatic carbocycles. The van der Waals surface area contributed by atoms with Crippen LogP contribution in [0.4, 0.5) is 17.6 Å². The van der Waals surface area contributed by atoms with Gasteiger partial charge in [-0.3, -0.25) is 19.2 Å². The summed E-state index contributed by atoms with van der Waals surface area (Å²) in [5, 5.41) is 11.8. The van der Waals surface area contributed by atoms with Gasteiger partial charge < -0.3 is 0 Å². The average Bonchev–Trinajstić information content (AvgIpc) is 3.31. The highest BCUT2D eigenvalue weighted by Gasteiger charge is 2.37. The highest BCUT2D eigenvalue weighted by molar-refractivity contribution is 6.37. The van der Waals surface area contributed by atoms with Crippen molar-refractivity contribution in [2.24, 2.45) is 12.0 Å². The maximum atomic E-state index is 14.6. The number of pyridine rings is 1. The van der Waals surface area contributed by atoms with Crippen LogP contribution < -0.4 is 0 Å². The number of aromatic nitrogens is 6. The number of hydrogen-bond donors (Lipinski definition) is 0. The molecular weight excluding hydrogens is 450 g/mol. The number of aryl methyl sites for hydroxylation is 1. The third-order valence-electron chi connectivity index (χ3n) is 4.96. The maximum Gasteiger partial charge on any atom is 0.417 e. The molecule has 0 saturated carbocycles. The number of rotatable bonds is 2. The molecule has 0 spiro atoms. The van der Waals surface area contributed by atoms with Gasteiger partial charge in [-0.15, -0.1) is 10.2 Å². The summed E-state index contributed by atoms with van der Waals surface area (Å²) in [6.45, 7) is -0.0784. The summed E-state index contributed by atoms with van der Waals surface area (Å²) < 4.78 is 58.7. The molecule has 7 nitrogen and oxygen atoms in total. The van der Waals surface area contributed by atoms with E-state index in [1.807, 2.05) is 0 Å². The molecule has 0 unspecified atom stereocenters. The van der Waals surface area contributed by atoms with Crippen molar-refractivity contribution in [2.45, 2.75) is 12.7 Å². The number of benzene rings is 1. The van der Waals surface area contributed by atoms with E-state index >= 15 is 0 Å². The van der Waals surface area contributed by atoms with Crippen LogP contribution in [0.1, 0.15) is 22.6 Å². The average molecular weight is 462 g/mol. The summed E-state index contributed by atoms with van der Waals surface area (Å²) in [6, 6.07) is 4.65. The number of halogens is 5. The van der Waals surface area contributed by atoms with E-state index in [4.69, 9.17) is 11.6 Å². The minimum Gasteiger partial charge on any atom is -0.277 e. The van der Waals surface area contributed by atoms with E-state index in [1.54, 1.807) is 28.7 Å². The van der Waals surface area contributed by atoms with Crippen molar-refractivity contribution in [1.82, 2.24) is 29.5 Å². The largest absolute Gasteiger partial charge is 0.417 e. The van der Waals surface area contributed by atoms with Crippen LogP contribution in [-0.2, 0) is 19.8 Å². The van der Waals surface area contributed by atoms with Crippen LogP contribution in [0.5, 0.6) is 0 Å². The Hall–Kier alpha value is -3.60. The van der Waals surface area contributed by atoms with Crippen LogP contribution in [0, 0.1) is 5.82 Å². The van der Waals surface area contributed by atoms with Crippen LogP contribution in [-0.4, -0.2) is 35.2 Å². The molecule has 1 aliphatic heterocycles. The molecule has 0 aliphatic carbocycles. The Morgan fingerprint density at radius 1 is 1.12 bits per heavy atom. The first-order chi connectivity index (χ1) is 15.3. The molecular formula is C20H12ClF4N7. The molecule has 12 heteroatoms. The molecule has 0 bridgehead atoms. The second-order valence-electron chi connectivity index (χ2n) is 7.00. The van der Waals surface area contributed by atoms with E-state index in [9.17, 15) is 17.6 Å². The Bertz CT molecular complexity index is 1390. The van der Waals surface area contributed by atoms with E-state index in [0.717, 1.165) is 12.1 Å². The third kappa shape index (κ3) is 3.16. The highest BCUT2D eigenvalue weighted by atomic mass is 35.5. The van der Waals surface area contributed by atoms with Crippen LogP contribution in [0.2, 0.25) is 5.02 Å². The molecule has 0 radical (unpaired) electrons. The zero-order valence-electron chi connectivity index (χ0n) is 16.3. The standard InChI is InChI=1S/C20H12ClF4N7/c1-31-9-10(7-28-31)19-30-29-14-8-27-18(17-12(22)3-2-6-26-17)15-13(32(14)19)5-4-11(16(15)21)20(23,24)25/h2-7,9H,8H2,1H3. The Morgan fingerprint density at radius 2 is 1.94 bits per heavy atom. The molecule has 3 aromatic heterocycles. The van der Waals surface area contributed by atoms with Gasteiger partial charge in [0.15, 0.2) is 17.5 Å². The van der Waals surface area contributed by atoms with Gasteiger partial charge in [-0.2, -0.15) is 18.3 Å². The second kappa shape index (κ2) is 7.23. The Balaban J connectivity index is 1.84. The lowest BCUT2D eigenvalue weighted by molar-refractivity contribution is -0.137. The summed E-state index contributed by atoms with van der Waals surface area (Å²) in [5.74, 6) is -0.0637. The van der Waals surface area contributed by atoms with Gasteiger partial charge in [0.05, 0.1) is 33.7 Å².